The van der Waals surface area contributed by atoms with Crippen molar-refractivity contribution in [1.29, 1.82) is 0 Å². The van der Waals surface area contributed by atoms with Crippen LogP contribution in [0, 0.1) is 13.8 Å². The molecule has 1 unspecified atom stereocenters. The molecule has 0 radical (unpaired) electrons. The molecular weight excluding hydrogens is 310 g/mol. The molecule has 7 nitrogen and oxygen atoms in total. The van der Waals surface area contributed by atoms with E-state index in [4.69, 9.17) is 4.74 Å². The summed E-state index contributed by atoms with van der Waals surface area (Å²) < 4.78 is 6.69. The minimum Gasteiger partial charge on any atom is -0.447 e. The van der Waals surface area contributed by atoms with Crippen LogP contribution in [0.1, 0.15) is 35.0 Å². The first-order valence-corrected chi connectivity index (χ1v) is 8.21. The van der Waals surface area contributed by atoms with Gasteiger partial charge in [0.15, 0.2) is 0 Å². The number of piperazine rings is 1. The molecule has 0 saturated carbocycles. The maximum atomic E-state index is 13.0. The van der Waals surface area contributed by atoms with E-state index in [1.807, 2.05) is 19.9 Å². The molecule has 2 saturated heterocycles. The number of aryl methyl sites for hydroxylation is 2. The summed E-state index contributed by atoms with van der Waals surface area (Å²) in [6.45, 7) is 7.14. The Morgan fingerprint density at radius 1 is 1.29 bits per heavy atom. The van der Waals surface area contributed by atoms with E-state index in [1.165, 1.54) is 4.57 Å². The number of aromatic nitrogens is 1. The largest absolute Gasteiger partial charge is 0.447 e. The van der Waals surface area contributed by atoms with Crippen molar-refractivity contribution in [2.45, 2.75) is 32.7 Å². The highest BCUT2D eigenvalue weighted by Gasteiger charge is 2.50. The molecule has 1 atom stereocenters. The van der Waals surface area contributed by atoms with Crippen LogP contribution in [0.15, 0.2) is 10.9 Å². The monoisotopic (exact) mass is 333 g/mol. The topological polar surface area (TPSA) is 71.8 Å². The Kier molecular flexibility index (Phi) is 3.89. The van der Waals surface area contributed by atoms with E-state index in [0.29, 0.717) is 31.6 Å². The van der Waals surface area contributed by atoms with Crippen molar-refractivity contribution < 1.29 is 14.3 Å². The SMILES string of the molecule is CCC12COC(=O)N1CCN(C(=O)c1c(C)cc(C)n(C)c1=O)C2. The van der Waals surface area contributed by atoms with E-state index in [0.717, 1.165) is 5.69 Å². The Morgan fingerprint density at radius 3 is 2.67 bits per heavy atom. The van der Waals surface area contributed by atoms with Gasteiger partial charge >= 0.3 is 6.09 Å². The summed E-state index contributed by atoms with van der Waals surface area (Å²) in [5, 5.41) is 0. The fraction of sp³-hybridized carbons (Fsp3) is 0.588. The lowest BCUT2D eigenvalue weighted by Crippen LogP contribution is -2.62. The smallest absolute Gasteiger partial charge is 0.410 e. The molecule has 2 aliphatic heterocycles. The van der Waals surface area contributed by atoms with Gasteiger partial charge in [0.1, 0.15) is 12.2 Å². The van der Waals surface area contributed by atoms with Gasteiger partial charge < -0.3 is 14.2 Å². The van der Waals surface area contributed by atoms with Crippen molar-refractivity contribution >= 4 is 12.0 Å². The highest BCUT2D eigenvalue weighted by atomic mass is 16.6. The summed E-state index contributed by atoms with van der Waals surface area (Å²) in [6, 6.07) is 1.85. The molecule has 0 aromatic carbocycles. The van der Waals surface area contributed by atoms with Gasteiger partial charge in [0.05, 0.1) is 5.54 Å². The van der Waals surface area contributed by atoms with Crippen LogP contribution in [0.2, 0.25) is 0 Å². The van der Waals surface area contributed by atoms with Crippen molar-refractivity contribution in [3.8, 4) is 0 Å². The fourth-order valence-corrected chi connectivity index (χ4v) is 3.64. The lowest BCUT2D eigenvalue weighted by atomic mass is 9.92. The summed E-state index contributed by atoms with van der Waals surface area (Å²) in [4.78, 5) is 40.8. The predicted molar refractivity (Wildman–Crippen MR) is 88.1 cm³/mol. The van der Waals surface area contributed by atoms with Gasteiger partial charge in [0.25, 0.3) is 11.5 Å². The van der Waals surface area contributed by atoms with Crippen molar-refractivity contribution in [2.24, 2.45) is 7.05 Å². The molecule has 2 aliphatic rings. The quantitative estimate of drug-likeness (QED) is 0.811. The van der Waals surface area contributed by atoms with Crippen LogP contribution in [-0.2, 0) is 11.8 Å². The maximum Gasteiger partial charge on any atom is 0.410 e. The van der Waals surface area contributed by atoms with Crippen LogP contribution < -0.4 is 5.56 Å². The van der Waals surface area contributed by atoms with Crippen LogP contribution in [0.5, 0.6) is 0 Å². The van der Waals surface area contributed by atoms with Gasteiger partial charge in [-0.1, -0.05) is 6.92 Å². The molecule has 2 fully saturated rings. The highest BCUT2D eigenvalue weighted by molar-refractivity contribution is 5.95. The summed E-state index contributed by atoms with van der Waals surface area (Å²) in [5.74, 6) is -0.264. The van der Waals surface area contributed by atoms with Crippen molar-refractivity contribution in [3.05, 3.63) is 33.2 Å². The van der Waals surface area contributed by atoms with Gasteiger partial charge in [-0.2, -0.15) is 0 Å². The third-order valence-corrected chi connectivity index (χ3v) is 5.36. The molecule has 0 N–H and O–H groups in total. The molecule has 0 aliphatic carbocycles. The highest BCUT2D eigenvalue weighted by Crippen LogP contribution is 2.32. The van der Waals surface area contributed by atoms with Crippen LogP contribution in [0.25, 0.3) is 0 Å². The minimum atomic E-state index is -0.477. The number of carbonyl (C=O) groups is 2. The zero-order valence-corrected chi connectivity index (χ0v) is 14.6. The molecule has 24 heavy (non-hydrogen) atoms. The summed E-state index contributed by atoms with van der Waals surface area (Å²) in [5.41, 5.74) is 0.970. The zero-order valence-electron chi connectivity index (χ0n) is 14.6. The van der Waals surface area contributed by atoms with Gasteiger partial charge in [0, 0.05) is 32.4 Å². The number of hydrogen-bond donors (Lipinski definition) is 0. The number of carbonyl (C=O) groups excluding carboxylic acids is 2. The number of nitrogens with zero attached hydrogens (tertiary/aromatic N) is 3. The van der Waals surface area contributed by atoms with Crippen molar-refractivity contribution in [1.82, 2.24) is 14.4 Å². The predicted octanol–water partition coefficient (Wildman–Crippen LogP) is 1.06. The fourth-order valence-electron chi connectivity index (χ4n) is 3.64. The van der Waals surface area contributed by atoms with E-state index < -0.39 is 5.54 Å². The average molecular weight is 333 g/mol. The van der Waals surface area contributed by atoms with E-state index >= 15 is 0 Å². The van der Waals surface area contributed by atoms with Crippen LogP contribution in [0.3, 0.4) is 0 Å². The molecule has 0 spiro atoms. The Morgan fingerprint density at radius 2 is 2.00 bits per heavy atom. The molecule has 2 amide bonds. The van der Waals surface area contributed by atoms with Crippen molar-refractivity contribution in [2.75, 3.05) is 26.2 Å². The number of hydrogen-bond acceptors (Lipinski definition) is 4. The van der Waals surface area contributed by atoms with E-state index in [1.54, 1.807) is 23.8 Å². The van der Waals surface area contributed by atoms with Crippen LogP contribution in [-0.4, -0.2) is 58.1 Å². The van der Waals surface area contributed by atoms with Crippen LogP contribution >= 0.6 is 0 Å². The van der Waals surface area contributed by atoms with Gasteiger partial charge in [-0.3, -0.25) is 14.5 Å². The summed E-state index contributed by atoms with van der Waals surface area (Å²) in [7, 11) is 1.67. The molecule has 130 valence electrons. The lowest BCUT2D eigenvalue weighted by Gasteiger charge is -2.44. The maximum absolute atomic E-state index is 13.0. The molecule has 3 rings (SSSR count). The van der Waals surface area contributed by atoms with E-state index in [-0.39, 0.29) is 29.7 Å². The first-order valence-electron chi connectivity index (χ1n) is 8.21. The molecule has 1 aromatic heterocycles. The second kappa shape index (κ2) is 5.65. The Hall–Kier alpha value is -2.31. The molecular formula is C17H23N3O4. The third-order valence-electron chi connectivity index (χ3n) is 5.36. The number of fused-ring (bicyclic) bond motifs is 1. The lowest BCUT2D eigenvalue weighted by molar-refractivity contribution is 0.0359. The van der Waals surface area contributed by atoms with E-state index in [9.17, 15) is 14.4 Å². The zero-order chi connectivity index (χ0) is 17.6. The third kappa shape index (κ3) is 2.30. The number of amides is 2. The van der Waals surface area contributed by atoms with E-state index in [2.05, 4.69) is 0 Å². The Balaban J connectivity index is 1.94. The molecule has 3 heterocycles. The average Bonchev–Trinajstić information content (AvgIpc) is 2.90. The number of pyridine rings is 1. The number of cyclic esters (lactones) is 1. The Labute approximate surface area is 140 Å². The number of ether oxygens (including phenoxy) is 1. The molecule has 0 bridgehead atoms. The van der Waals surface area contributed by atoms with Gasteiger partial charge in [-0.15, -0.1) is 0 Å². The number of rotatable bonds is 2. The van der Waals surface area contributed by atoms with Gasteiger partial charge in [-0.05, 0) is 31.9 Å². The normalized spacial score (nSPS) is 23.2. The summed E-state index contributed by atoms with van der Waals surface area (Å²) >= 11 is 0. The summed E-state index contributed by atoms with van der Waals surface area (Å²) in [6.07, 6.45) is 0.388. The Bertz CT molecular complexity index is 770. The molecule has 7 heteroatoms. The minimum absolute atomic E-state index is 0.216. The van der Waals surface area contributed by atoms with Gasteiger partial charge in [0.2, 0.25) is 0 Å². The van der Waals surface area contributed by atoms with Crippen molar-refractivity contribution in [3.63, 3.8) is 0 Å². The first kappa shape index (κ1) is 16.5. The first-order chi connectivity index (χ1) is 11.3. The standard InChI is InChI=1S/C17H23N3O4/c1-5-17-9-19(6-7-20(17)16(23)24-10-17)15(22)13-11(2)8-12(3)18(4)14(13)21/h8H,5-7,9-10H2,1-4H3. The van der Waals surface area contributed by atoms with Gasteiger partial charge in [-0.25, -0.2) is 4.79 Å². The second-order valence-corrected chi connectivity index (χ2v) is 6.72. The molecule has 1 aromatic rings. The van der Waals surface area contributed by atoms with Crippen LogP contribution in [0.4, 0.5) is 4.79 Å². The second-order valence-electron chi connectivity index (χ2n) is 6.72.